The molecule has 17 heavy (non-hydrogen) atoms. The van der Waals surface area contributed by atoms with Crippen LogP contribution in [0.25, 0.3) is 0 Å². The monoisotopic (exact) mass is 227 g/mol. The molecule has 1 aromatic carbocycles. The molecule has 0 N–H and O–H groups in total. The lowest BCUT2D eigenvalue weighted by Crippen LogP contribution is -2.58. The lowest BCUT2D eigenvalue weighted by molar-refractivity contribution is 0.0435. The van der Waals surface area contributed by atoms with Crippen LogP contribution in [0.1, 0.15) is 16.8 Å². The first-order chi connectivity index (χ1) is 8.36. The Morgan fingerprint density at radius 1 is 1.24 bits per heavy atom. The average Bonchev–Trinajstić information content (AvgIpc) is 2.74. The van der Waals surface area contributed by atoms with Gasteiger partial charge in [-0.05, 0) is 18.6 Å². The first-order valence-corrected chi connectivity index (χ1v) is 6.04. The fourth-order valence-electron chi connectivity index (χ4n) is 3.06. The molecule has 4 nitrogen and oxygen atoms in total. The fourth-order valence-corrected chi connectivity index (χ4v) is 3.06. The van der Waals surface area contributed by atoms with Crippen LogP contribution >= 0.6 is 0 Å². The van der Waals surface area contributed by atoms with Crippen LogP contribution in [0.2, 0.25) is 0 Å². The van der Waals surface area contributed by atoms with Crippen molar-refractivity contribution in [2.45, 2.75) is 18.5 Å². The molecular formula is C13H13N3O. The maximum Gasteiger partial charge on any atom is 0.256 e. The molecule has 2 unspecified atom stereocenters. The van der Waals surface area contributed by atoms with Crippen molar-refractivity contribution in [3.63, 3.8) is 0 Å². The number of para-hydroxylation sites is 1. The molecule has 0 radical (unpaired) electrons. The molecule has 1 fully saturated rings. The molecule has 1 amide bonds. The highest BCUT2D eigenvalue weighted by Gasteiger charge is 2.45. The number of aliphatic imine (C=N–C) groups is 1. The van der Waals surface area contributed by atoms with Crippen molar-refractivity contribution in [2.75, 3.05) is 18.0 Å². The molecule has 0 aromatic heterocycles. The van der Waals surface area contributed by atoms with E-state index in [4.69, 9.17) is 0 Å². The van der Waals surface area contributed by atoms with Crippen LogP contribution in [0.4, 0.5) is 5.69 Å². The Labute approximate surface area is 99.5 Å². The molecule has 0 aliphatic carbocycles. The van der Waals surface area contributed by atoms with Crippen molar-refractivity contribution in [1.29, 1.82) is 0 Å². The van der Waals surface area contributed by atoms with Gasteiger partial charge < -0.3 is 9.80 Å². The molecule has 3 aliphatic heterocycles. The zero-order valence-electron chi connectivity index (χ0n) is 9.41. The van der Waals surface area contributed by atoms with Gasteiger partial charge in [-0.25, -0.2) is 0 Å². The topological polar surface area (TPSA) is 35.9 Å². The van der Waals surface area contributed by atoms with E-state index in [1.165, 1.54) is 0 Å². The van der Waals surface area contributed by atoms with Crippen molar-refractivity contribution >= 4 is 17.9 Å². The number of rotatable bonds is 0. The number of carbonyl (C=O) groups excluding carboxylic acids is 1. The summed E-state index contributed by atoms with van der Waals surface area (Å²) in [6.07, 6.45) is 2.99. The molecule has 2 atom stereocenters. The number of hydrogen-bond donors (Lipinski definition) is 0. The average molecular weight is 227 g/mol. The van der Waals surface area contributed by atoms with Gasteiger partial charge in [0.25, 0.3) is 5.91 Å². The maximum atomic E-state index is 12.4. The lowest BCUT2D eigenvalue weighted by Gasteiger charge is -2.43. The third-order valence-electron chi connectivity index (χ3n) is 4.04. The van der Waals surface area contributed by atoms with Crippen LogP contribution in [0.5, 0.6) is 0 Å². The summed E-state index contributed by atoms with van der Waals surface area (Å²) in [5, 5.41) is 0. The molecule has 0 spiro atoms. The summed E-state index contributed by atoms with van der Waals surface area (Å²) in [5.74, 6) is 0.180. The minimum Gasteiger partial charge on any atom is -0.333 e. The summed E-state index contributed by atoms with van der Waals surface area (Å²) in [5.41, 5.74) is 1.83. The SMILES string of the molecule is O=C1c2ccccc2N2C=NCC2C2CCN12. The number of carbonyl (C=O) groups is 1. The van der Waals surface area contributed by atoms with Crippen molar-refractivity contribution in [1.82, 2.24) is 4.90 Å². The number of hydrogen-bond acceptors (Lipinski definition) is 3. The van der Waals surface area contributed by atoms with E-state index in [9.17, 15) is 4.79 Å². The molecule has 86 valence electrons. The third kappa shape index (κ3) is 1.07. The minimum absolute atomic E-state index is 0.180. The van der Waals surface area contributed by atoms with E-state index in [0.717, 1.165) is 30.8 Å². The molecule has 0 bridgehead atoms. The highest BCUT2D eigenvalue weighted by Crippen LogP contribution is 2.36. The summed E-state index contributed by atoms with van der Waals surface area (Å²) >= 11 is 0. The van der Waals surface area contributed by atoms with Crippen LogP contribution in [0, 0.1) is 0 Å². The number of benzene rings is 1. The van der Waals surface area contributed by atoms with Crippen molar-refractivity contribution in [3.05, 3.63) is 29.8 Å². The van der Waals surface area contributed by atoms with Gasteiger partial charge in [-0.3, -0.25) is 9.79 Å². The van der Waals surface area contributed by atoms with E-state index in [-0.39, 0.29) is 5.91 Å². The summed E-state index contributed by atoms with van der Waals surface area (Å²) in [6.45, 7) is 1.70. The predicted octanol–water partition coefficient (Wildman–Crippen LogP) is 1.13. The summed E-state index contributed by atoms with van der Waals surface area (Å²) in [4.78, 5) is 20.9. The van der Waals surface area contributed by atoms with Crippen LogP contribution in [0.3, 0.4) is 0 Å². The first-order valence-electron chi connectivity index (χ1n) is 6.04. The third-order valence-corrected chi connectivity index (χ3v) is 4.04. The van der Waals surface area contributed by atoms with Gasteiger partial charge in [0.2, 0.25) is 0 Å². The van der Waals surface area contributed by atoms with E-state index < -0.39 is 0 Å². The van der Waals surface area contributed by atoms with Gasteiger partial charge in [0.05, 0.1) is 36.2 Å². The van der Waals surface area contributed by atoms with E-state index in [2.05, 4.69) is 9.89 Å². The summed E-state index contributed by atoms with van der Waals surface area (Å²) in [6, 6.07) is 8.54. The molecule has 3 aliphatic rings. The predicted molar refractivity (Wildman–Crippen MR) is 65.5 cm³/mol. The number of fused-ring (bicyclic) bond motifs is 5. The Balaban J connectivity index is 1.92. The van der Waals surface area contributed by atoms with Crippen LogP contribution in [-0.2, 0) is 0 Å². The Morgan fingerprint density at radius 2 is 2.12 bits per heavy atom. The van der Waals surface area contributed by atoms with Gasteiger partial charge in [-0.2, -0.15) is 0 Å². The molecule has 4 heteroatoms. The molecule has 0 saturated carbocycles. The van der Waals surface area contributed by atoms with Gasteiger partial charge in [0.1, 0.15) is 0 Å². The highest BCUT2D eigenvalue weighted by molar-refractivity contribution is 6.04. The molecule has 1 saturated heterocycles. The van der Waals surface area contributed by atoms with Gasteiger partial charge >= 0.3 is 0 Å². The van der Waals surface area contributed by atoms with Crippen LogP contribution < -0.4 is 4.90 Å². The zero-order chi connectivity index (χ0) is 11.4. The summed E-state index contributed by atoms with van der Waals surface area (Å²) in [7, 11) is 0. The van der Waals surface area contributed by atoms with Crippen molar-refractivity contribution in [3.8, 4) is 0 Å². The maximum absolute atomic E-state index is 12.4. The van der Waals surface area contributed by atoms with Crippen molar-refractivity contribution < 1.29 is 4.79 Å². The number of nitrogens with zero attached hydrogens (tertiary/aromatic N) is 3. The van der Waals surface area contributed by atoms with E-state index in [1.807, 2.05) is 35.5 Å². The van der Waals surface area contributed by atoms with Crippen LogP contribution in [-0.4, -0.2) is 42.3 Å². The van der Waals surface area contributed by atoms with E-state index in [1.54, 1.807) is 0 Å². The second kappa shape index (κ2) is 3.09. The Bertz CT molecular complexity index is 525. The van der Waals surface area contributed by atoms with Gasteiger partial charge in [-0.15, -0.1) is 0 Å². The van der Waals surface area contributed by atoms with E-state index in [0.29, 0.717) is 12.1 Å². The van der Waals surface area contributed by atoms with Gasteiger partial charge in [-0.1, -0.05) is 12.1 Å². The van der Waals surface area contributed by atoms with E-state index >= 15 is 0 Å². The van der Waals surface area contributed by atoms with Gasteiger partial charge in [0.15, 0.2) is 0 Å². The van der Waals surface area contributed by atoms with Crippen LogP contribution in [0.15, 0.2) is 29.3 Å². The second-order valence-corrected chi connectivity index (χ2v) is 4.83. The summed E-state index contributed by atoms with van der Waals surface area (Å²) < 4.78 is 0. The second-order valence-electron chi connectivity index (χ2n) is 4.83. The highest BCUT2D eigenvalue weighted by atomic mass is 16.2. The van der Waals surface area contributed by atoms with Gasteiger partial charge in [0, 0.05) is 6.54 Å². The molecule has 3 heterocycles. The molecule has 4 rings (SSSR count). The minimum atomic E-state index is 0.180. The smallest absolute Gasteiger partial charge is 0.256 e. The quantitative estimate of drug-likeness (QED) is 0.666. The fraction of sp³-hybridized carbons (Fsp3) is 0.385. The molecule has 1 aromatic rings. The largest absolute Gasteiger partial charge is 0.333 e. The standard InChI is InChI=1S/C13H13N3O/c17-13-9-3-1-2-4-10(9)16-8-14-7-12(16)11-5-6-15(11)13/h1-4,8,11-12H,5-7H2. The Morgan fingerprint density at radius 3 is 2.94 bits per heavy atom. The first kappa shape index (κ1) is 9.22. The zero-order valence-corrected chi connectivity index (χ0v) is 9.41. The normalized spacial score (nSPS) is 29.3. The van der Waals surface area contributed by atoms with Crippen molar-refractivity contribution in [2.24, 2.45) is 4.99 Å². The Kier molecular flexibility index (Phi) is 1.68. The lowest BCUT2D eigenvalue weighted by atomic mass is 9.95. The number of amides is 1. The Hall–Kier alpha value is -1.84. The number of anilines is 1. The molecular weight excluding hydrogens is 214 g/mol.